The van der Waals surface area contributed by atoms with Crippen molar-refractivity contribution in [3.05, 3.63) is 72.8 Å². The summed E-state index contributed by atoms with van der Waals surface area (Å²) in [7, 11) is -3.90. The molecule has 0 fully saturated rings. The fourth-order valence-corrected chi connectivity index (χ4v) is 4.85. The van der Waals surface area contributed by atoms with Crippen LogP contribution < -0.4 is 14.8 Å². The maximum absolute atomic E-state index is 13.1. The molecule has 0 unspecified atom stereocenters. The molecule has 0 aliphatic carbocycles. The van der Waals surface area contributed by atoms with Gasteiger partial charge in [0, 0.05) is 16.2 Å². The monoisotopic (exact) mass is 456 g/mol. The van der Waals surface area contributed by atoms with Crippen molar-refractivity contribution in [2.24, 2.45) is 0 Å². The number of carbonyl (C=O) groups is 1. The lowest BCUT2D eigenvalue weighted by molar-refractivity contribution is -0.115. The third kappa shape index (κ3) is 6.02. The molecule has 0 radical (unpaired) electrons. The molecule has 3 aromatic rings. The Kier molecular flexibility index (Phi) is 7.59. The molecule has 0 saturated heterocycles. The van der Waals surface area contributed by atoms with Gasteiger partial charge in [0.15, 0.2) is 0 Å². The summed E-state index contributed by atoms with van der Waals surface area (Å²) in [5, 5.41) is 2.71. The van der Waals surface area contributed by atoms with Crippen molar-refractivity contribution >= 4 is 39.1 Å². The Morgan fingerprint density at radius 3 is 2.35 bits per heavy atom. The molecule has 0 aliphatic heterocycles. The van der Waals surface area contributed by atoms with E-state index in [1.807, 2.05) is 49.4 Å². The third-order valence-electron chi connectivity index (χ3n) is 4.26. The van der Waals surface area contributed by atoms with Crippen molar-refractivity contribution in [1.82, 2.24) is 0 Å². The van der Waals surface area contributed by atoms with Gasteiger partial charge in [-0.3, -0.25) is 9.52 Å². The number of rotatable bonds is 9. The van der Waals surface area contributed by atoms with Crippen LogP contribution in [-0.4, -0.2) is 20.9 Å². The van der Waals surface area contributed by atoms with Crippen LogP contribution in [0.4, 0.5) is 11.4 Å². The van der Waals surface area contributed by atoms with Gasteiger partial charge in [0.25, 0.3) is 10.0 Å². The van der Waals surface area contributed by atoms with E-state index in [0.29, 0.717) is 23.7 Å². The van der Waals surface area contributed by atoms with Gasteiger partial charge in [0.1, 0.15) is 5.75 Å². The molecular weight excluding hydrogens is 432 g/mol. The summed E-state index contributed by atoms with van der Waals surface area (Å²) in [4.78, 5) is 13.7. The topological polar surface area (TPSA) is 84.5 Å². The first kappa shape index (κ1) is 22.7. The fraction of sp³-hybridized carbons (Fsp3) is 0.174. The molecule has 3 rings (SSSR count). The summed E-state index contributed by atoms with van der Waals surface area (Å²) in [6, 6.07) is 21.4. The van der Waals surface area contributed by atoms with E-state index in [2.05, 4.69) is 10.0 Å². The van der Waals surface area contributed by atoms with Gasteiger partial charge in [0.05, 0.1) is 22.9 Å². The van der Waals surface area contributed by atoms with Crippen LogP contribution >= 0.6 is 11.8 Å². The summed E-state index contributed by atoms with van der Waals surface area (Å²) in [5.41, 5.74) is 0.799. The smallest absolute Gasteiger partial charge is 0.262 e. The highest BCUT2D eigenvalue weighted by Gasteiger charge is 2.19. The zero-order valence-corrected chi connectivity index (χ0v) is 18.9. The third-order valence-corrected chi connectivity index (χ3v) is 6.71. The number of hydrogen-bond acceptors (Lipinski definition) is 5. The van der Waals surface area contributed by atoms with Crippen LogP contribution in [-0.2, 0) is 14.8 Å². The van der Waals surface area contributed by atoms with Gasteiger partial charge in [-0.1, -0.05) is 49.0 Å². The summed E-state index contributed by atoms with van der Waals surface area (Å²) in [5.74, 6) is 0.191. The Labute approximate surface area is 187 Å². The number of ether oxygens (including phenoxy) is 1. The average molecular weight is 457 g/mol. The van der Waals surface area contributed by atoms with Gasteiger partial charge in [-0.25, -0.2) is 8.42 Å². The quantitative estimate of drug-likeness (QED) is 0.451. The van der Waals surface area contributed by atoms with Crippen molar-refractivity contribution in [3.8, 4) is 5.75 Å². The molecule has 2 N–H and O–H groups in total. The first-order valence-electron chi connectivity index (χ1n) is 9.84. The van der Waals surface area contributed by atoms with Crippen molar-refractivity contribution in [2.75, 3.05) is 16.6 Å². The molecular formula is C23H24N2O4S2. The minimum Gasteiger partial charge on any atom is -0.492 e. The highest BCUT2D eigenvalue weighted by Crippen LogP contribution is 2.35. The molecule has 0 bridgehead atoms. The average Bonchev–Trinajstić information content (AvgIpc) is 2.77. The summed E-state index contributed by atoms with van der Waals surface area (Å²) >= 11 is 1.47. The van der Waals surface area contributed by atoms with E-state index in [4.69, 9.17) is 4.74 Å². The molecule has 6 nitrogen and oxygen atoms in total. The predicted octanol–water partition coefficient (Wildman–Crippen LogP) is 5.39. The number of para-hydroxylation sites is 1. The van der Waals surface area contributed by atoms with Gasteiger partial charge in [0.2, 0.25) is 5.91 Å². The van der Waals surface area contributed by atoms with Gasteiger partial charge < -0.3 is 10.1 Å². The summed E-state index contributed by atoms with van der Waals surface area (Å²) < 4.78 is 34.4. The Hall–Kier alpha value is -2.97. The van der Waals surface area contributed by atoms with Crippen LogP contribution in [0.5, 0.6) is 5.75 Å². The SMILES string of the molecule is CCOc1ccc(S(=O)(=O)Nc2ccccc2Sc2ccccc2)cc1NC(=O)CC. The molecule has 1 amide bonds. The number of carbonyl (C=O) groups excluding carboxylic acids is 1. The van der Waals surface area contributed by atoms with Gasteiger partial charge in [-0.2, -0.15) is 0 Å². The van der Waals surface area contributed by atoms with Gasteiger partial charge in [-0.15, -0.1) is 0 Å². The number of amides is 1. The van der Waals surface area contributed by atoms with Crippen LogP contribution in [0.25, 0.3) is 0 Å². The molecule has 31 heavy (non-hydrogen) atoms. The van der Waals surface area contributed by atoms with E-state index in [1.54, 1.807) is 25.1 Å². The second kappa shape index (κ2) is 10.4. The van der Waals surface area contributed by atoms with E-state index in [1.165, 1.54) is 23.9 Å². The van der Waals surface area contributed by atoms with Crippen LogP contribution in [0.2, 0.25) is 0 Å². The zero-order valence-electron chi connectivity index (χ0n) is 17.3. The predicted molar refractivity (Wildman–Crippen MR) is 124 cm³/mol. The highest BCUT2D eigenvalue weighted by molar-refractivity contribution is 7.99. The normalized spacial score (nSPS) is 11.0. The van der Waals surface area contributed by atoms with Crippen LogP contribution in [0.3, 0.4) is 0 Å². The Balaban J connectivity index is 1.91. The van der Waals surface area contributed by atoms with Crippen molar-refractivity contribution < 1.29 is 17.9 Å². The highest BCUT2D eigenvalue weighted by atomic mass is 32.2. The molecule has 0 aliphatic rings. The molecule has 0 atom stereocenters. The van der Waals surface area contributed by atoms with Crippen molar-refractivity contribution in [3.63, 3.8) is 0 Å². The molecule has 0 saturated carbocycles. The molecule has 3 aromatic carbocycles. The molecule has 0 spiro atoms. The minimum atomic E-state index is -3.90. The number of hydrogen-bond donors (Lipinski definition) is 2. The van der Waals surface area contributed by atoms with Crippen LogP contribution in [0, 0.1) is 0 Å². The van der Waals surface area contributed by atoms with Gasteiger partial charge in [-0.05, 0) is 49.4 Å². The molecule has 8 heteroatoms. The second-order valence-corrected chi connectivity index (χ2v) is 9.31. The summed E-state index contributed by atoms with van der Waals surface area (Å²) in [6.45, 7) is 3.93. The zero-order chi connectivity index (χ0) is 22.3. The first-order valence-corrected chi connectivity index (χ1v) is 12.1. The molecule has 0 heterocycles. The van der Waals surface area contributed by atoms with E-state index in [9.17, 15) is 13.2 Å². The lowest BCUT2D eigenvalue weighted by atomic mass is 10.3. The number of benzene rings is 3. The first-order chi connectivity index (χ1) is 14.9. The van der Waals surface area contributed by atoms with E-state index < -0.39 is 10.0 Å². The standard InChI is InChI=1S/C23H24N2O4S2/c1-3-23(26)24-20-16-18(14-15-21(20)29-4-2)31(27,28)25-19-12-8-9-13-22(19)30-17-10-6-5-7-11-17/h5-16,25H,3-4H2,1-2H3,(H,24,26). The van der Waals surface area contributed by atoms with Crippen LogP contribution in [0.15, 0.2) is 87.5 Å². The van der Waals surface area contributed by atoms with Crippen LogP contribution in [0.1, 0.15) is 20.3 Å². The lowest BCUT2D eigenvalue weighted by Crippen LogP contribution is -2.15. The van der Waals surface area contributed by atoms with E-state index in [0.717, 1.165) is 9.79 Å². The van der Waals surface area contributed by atoms with Gasteiger partial charge >= 0.3 is 0 Å². The second-order valence-electron chi connectivity index (χ2n) is 6.51. The van der Waals surface area contributed by atoms with Crippen molar-refractivity contribution in [1.29, 1.82) is 0 Å². The Bertz CT molecular complexity index is 1150. The fourth-order valence-electron chi connectivity index (χ4n) is 2.75. The number of nitrogens with one attached hydrogen (secondary N) is 2. The lowest BCUT2D eigenvalue weighted by Gasteiger charge is -2.15. The van der Waals surface area contributed by atoms with E-state index in [-0.39, 0.29) is 17.2 Å². The number of sulfonamides is 1. The maximum Gasteiger partial charge on any atom is 0.262 e. The number of anilines is 2. The summed E-state index contributed by atoms with van der Waals surface area (Å²) in [6.07, 6.45) is 0.269. The maximum atomic E-state index is 13.1. The Morgan fingerprint density at radius 1 is 0.935 bits per heavy atom. The molecule has 0 aromatic heterocycles. The van der Waals surface area contributed by atoms with E-state index >= 15 is 0 Å². The minimum absolute atomic E-state index is 0.0295. The van der Waals surface area contributed by atoms with Crippen molar-refractivity contribution in [2.45, 2.75) is 35.0 Å². The Morgan fingerprint density at radius 2 is 1.65 bits per heavy atom. The molecule has 162 valence electrons. The largest absolute Gasteiger partial charge is 0.492 e.